The number of nitrogen functional groups attached to an aromatic ring is 1. The fourth-order valence-electron chi connectivity index (χ4n) is 2.56. The number of amides is 1. The van der Waals surface area contributed by atoms with Crippen molar-refractivity contribution in [1.29, 1.82) is 0 Å². The zero-order chi connectivity index (χ0) is 14.7. The van der Waals surface area contributed by atoms with Crippen LogP contribution in [0.25, 0.3) is 0 Å². The number of nitrogens with two attached hydrogens (primary N) is 2. The van der Waals surface area contributed by atoms with Crippen LogP contribution in [0.3, 0.4) is 0 Å². The van der Waals surface area contributed by atoms with E-state index in [1.807, 2.05) is 13.8 Å². The van der Waals surface area contributed by atoms with E-state index in [9.17, 15) is 4.79 Å². The molecule has 0 spiro atoms. The molecule has 0 bridgehead atoms. The molecule has 1 aliphatic heterocycles. The lowest BCUT2D eigenvalue weighted by Crippen LogP contribution is -2.42. The molecule has 5 N–H and O–H groups in total. The van der Waals surface area contributed by atoms with Crippen molar-refractivity contribution in [2.24, 2.45) is 17.5 Å². The monoisotopic (exact) mass is 278 g/mol. The van der Waals surface area contributed by atoms with Gasteiger partial charge in [-0.05, 0) is 19.8 Å². The number of hydrogen-bond acceptors (Lipinski definition) is 6. The third-order valence-corrected chi connectivity index (χ3v) is 3.74. The van der Waals surface area contributed by atoms with Crippen LogP contribution >= 0.6 is 0 Å². The Kier molecular flexibility index (Phi) is 4.39. The van der Waals surface area contributed by atoms with Crippen LogP contribution in [0.4, 0.5) is 11.6 Å². The maximum Gasteiger partial charge on any atom is 0.222 e. The highest BCUT2D eigenvalue weighted by Gasteiger charge is 2.26. The van der Waals surface area contributed by atoms with Gasteiger partial charge in [-0.15, -0.1) is 0 Å². The van der Waals surface area contributed by atoms with E-state index in [1.165, 1.54) is 0 Å². The van der Waals surface area contributed by atoms with Gasteiger partial charge < -0.3 is 16.1 Å². The lowest BCUT2D eigenvalue weighted by atomic mass is 9.97. The van der Waals surface area contributed by atoms with Crippen molar-refractivity contribution in [2.75, 3.05) is 23.4 Å². The third-order valence-electron chi connectivity index (χ3n) is 3.74. The molecule has 1 fully saturated rings. The Bertz CT molecular complexity index is 504. The van der Waals surface area contributed by atoms with Crippen molar-refractivity contribution < 1.29 is 4.79 Å². The topological polar surface area (TPSA) is 110 Å². The summed E-state index contributed by atoms with van der Waals surface area (Å²) >= 11 is 0. The lowest BCUT2D eigenvalue weighted by molar-refractivity contribution is -0.122. The number of aromatic nitrogens is 2. The van der Waals surface area contributed by atoms with Crippen LogP contribution in [-0.4, -0.2) is 29.0 Å². The van der Waals surface area contributed by atoms with E-state index < -0.39 is 0 Å². The maximum absolute atomic E-state index is 11.4. The van der Waals surface area contributed by atoms with Gasteiger partial charge in [0.2, 0.25) is 5.91 Å². The zero-order valence-corrected chi connectivity index (χ0v) is 12.0. The average Bonchev–Trinajstić information content (AvgIpc) is 2.47. The minimum absolute atomic E-state index is 0.113. The molecular formula is C13H22N6O. The van der Waals surface area contributed by atoms with Gasteiger partial charge in [-0.1, -0.05) is 6.92 Å². The standard InChI is InChI=1S/C13H22N6O/c1-3-10-16-12(18-15)8(2)13(17-10)19-6-4-5-9(7-19)11(14)20/h9H,3-7,15H2,1-2H3,(H2,14,20)(H,16,17,18). The van der Waals surface area contributed by atoms with Gasteiger partial charge >= 0.3 is 0 Å². The number of nitrogens with zero attached hydrogens (tertiary/aromatic N) is 3. The number of rotatable bonds is 4. The number of hydrazine groups is 1. The quantitative estimate of drug-likeness (QED) is 0.541. The van der Waals surface area contributed by atoms with Gasteiger partial charge in [0.1, 0.15) is 17.5 Å². The average molecular weight is 278 g/mol. The third kappa shape index (κ3) is 2.82. The van der Waals surface area contributed by atoms with Gasteiger partial charge in [0, 0.05) is 25.1 Å². The summed E-state index contributed by atoms with van der Waals surface area (Å²) in [5, 5.41) is 0. The lowest BCUT2D eigenvalue weighted by Gasteiger charge is -2.33. The van der Waals surface area contributed by atoms with E-state index in [2.05, 4.69) is 20.3 Å². The SMILES string of the molecule is CCc1nc(NN)c(C)c(N2CCCC(C(N)=O)C2)n1. The summed E-state index contributed by atoms with van der Waals surface area (Å²) in [5.41, 5.74) is 8.94. The second-order valence-corrected chi connectivity index (χ2v) is 5.12. The molecular weight excluding hydrogens is 256 g/mol. The van der Waals surface area contributed by atoms with Crippen molar-refractivity contribution in [3.8, 4) is 0 Å². The van der Waals surface area contributed by atoms with E-state index in [0.717, 1.165) is 43.0 Å². The van der Waals surface area contributed by atoms with Gasteiger partial charge in [-0.2, -0.15) is 0 Å². The summed E-state index contributed by atoms with van der Waals surface area (Å²) < 4.78 is 0. The summed E-state index contributed by atoms with van der Waals surface area (Å²) in [7, 11) is 0. The van der Waals surface area contributed by atoms with E-state index >= 15 is 0 Å². The predicted octanol–water partition coefficient (Wildman–Crippen LogP) is 0.335. The summed E-state index contributed by atoms with van der Waals surface area (Å²) in [6.07, 6.45) is 2.51. The van der Waals surface area contributed by atoms with Gasteiger partial charge in [0.15, 0.2) is 0 Å². The smallest absolute Gasteiger partial charge is 0.222 e. The highest BCUT2D eigenvalue weighted by atomic mass is 16.1. The molecule has 110 valence electrons. The first-order chi connectivity index (χ1) is 9.56. The molecule has 1 unspecified atom stereocenters. The molecule has 0 saturated carbocycles. The van der Waals surface area contributed by atoms with Crippen molar-refractivity contribution >= 4 is 17.5 Å². The normalized spacial score (nSPS) is 18.9. The zero-order valence-electron chi connectivity index (χ0n) is 12.0. The molecule has 2 rings (SSSR count). The maximum atomic E-state index is 11.4. The number of aryl methyl sites for hydroxylation is 1. The Morgan fingerprint density at radius 1 is 1.50 bits per heavy atom. The fourth-order valence-corrected chi connectivity index (χ4v) is 2.56. The summed E-state index contributed by atoms with van der Waals surface area (Å²) in [5.74, 6) is 7.37. The first-order valence-electron chi connectivity index (χ1n) is 6.95. The Morgan fingerprint density at radius 2 is 2.25 bits per heavy atom. The van der Waals surface area contributed by atoms with Crippen LogP contribution < -0.4 is 21.9 Å². The van der Waals surface area contributed by atoms with Gasteiger partial charge in [0.25, 0.3) is 0 Å². The first kappa shape index (κ1) is 14.5. The molecule has 0 radical (unpaired) electrons. The number of carbonyl (C=O) groups is 1. The Morgan fingerprint density at radius 3 is 2.85 bits per heavy atom. The highest BCUT2D eigenvalue weighted by Crippen LogP contribution is 2.27. The molecule has 7 heteroatoms. The van der Waals surface area contributed by atoms with Crippen LogP contribution in [0.1, 0.15) is 31.2 Å². The van der Waals surface area contributed by atoms with Gasteiger partial charge in [-0.25, -0.2) is 15.8 Å². The van der Waals surface area contributed by atoms with Gasteiger partial charge in [-0.3, -0.25) is 4.79 Å². The van der Waals surface area contributed by atoms with E-state index in [4.69, 9.17) is 11.6 Å². The molecule has 0 aliphatic carbocycles. The van der Waals surface area contributed by atoms with Gasteiger partial charge in [0.05, 0.1) is 5.92 Å². The van der Waals surface area contributed by atoms with E-state index in [1.54, 1.807) is 0 Å². The number of anilines is 2. The molecule has 7 nitrogen and oxygen atoms in total. The minimum atomic E-state index is -0.241. The van der Waals surface area contributed by atoms with Crippen LogP contribution in [-0.2, 0) is 11.2 Å². The highest BCUT2D eigenvalue weighted by molar-refractivity contribution is 5.77. The van der Waals surface area contributed by atoms with Crippen LogP contribution in [0.5, 0.6) is 0 Å². The number of carbonyl (C=O) groups excluding carboxylic acids is 1. The van der Waals surface area contributed by atoms with Crippen molar-refractivity contribution in [1.82, 2.24) is 9.97 Å². The number of primary amides is 1. The van der Waals surface area contributed by atoms with Crippen molar-refractivity contribution in [3.63, 3.8) is 0 Å². The first-order valence-corrected chi connectivity index (χ1v) is 6.95. The summed E-state index contributed by atoms with van der Waals surface area (Å²) in [6.45, 7) is 5.41. The fraction of sp³-hybridized carbons (Fsp3) is 0.615. The van der Waals surface area contributed by atoms with E-state index in [0.29, 0.717) is 12.4 Å². The Labute approximate surface area is 118 Å². The molecule has 1 atom stereocenters. The van der Waals surface area contributed by atoms with Crippen molar-refractivity contribution in [2.45, 2.75) is 33.1 Å². The van der Waals surface area contributed by atoms with E-state index in [-0.39, 0.29) is 11.8 Å². The number of hydrogen-bond donors (Lipinski definition) is 3. The molecule has 0 aromatic carbocycles. The molecule has 1 saturated heterocycles. The summed E-state index contributed by atoms with van der Waals surface area (Å²) in [4.78, 5) is 22.4. The Hall–Kier alpha value is -1.89. The van der Waals surface area contributed by atoms with Crippen molar-refractivity contribution in [3.05, 3.63) is 11.4 Å². The molecule has 1 aliphatic rings. The number of piperidine rings is 1. The second kappa shape index (κ2) is 6.04. The molecule has 20 heavy (non-hydrogen) atoms. The molecule has 1 aromatic heterocycles. The molecule has 1 aromatic rings. The Balaban J connectivity index is 2.33. The second-order valence-electron chi connectivity index (χ2n) is 5.12. The van der Waals surface area contributed by atoms with Crippen LogP contribution in [0, 0.1) is 12.8 Å². The van der Waals surface area contributed by atoms with Crippen LogP contribution in [0.15, 0.2) is 0 Å². The van der Waals surface area contributed by atoms with Crippen LogP contribution in [0.2, 0.25) is 0 Å². The predicted molar refractivity (Wildman–Crippen MR) is 78.1 cm³/mol. The number of nitrogens with one attached hydrogen (secondary N) is 1. The largest absolute Gasteiger partial charge is 0.369 e. The summed E-state index contributed by atoms with van der Waals surface area (Å²) in [6, 6.07) is 0. The molecule has 1 amide bonds. The molecule has 2 heterocycles. The minimum Gasteiger partial charge on any atom is -0.369 e.